The van der Waals surface area contributed by atoms with Crippen LogP contribution in [0.15, 0.2) is 36.4 Å². The van der Waals surface area contributed by atoms with Crippen molar-refractivity contribution in [3.05, 3.63) is 58.4 Å². The van der Waals surface area contributed by atoms with Gasteiger partial charge in [-0.25, -0.2) is 4.39 Å². The van der Waals surface area contributed by atoms with Crippen molar-refractivity contribution < 1.29 is 9.13 Å². The van der Waals surface area contributed by atoms with Crippen LogP contribution < -0.4 is 10.5 Å². The molecule has 0 spiro atoms. The Kier molecular flexibility index (Phi) is 3.72. The van der Waals surface area contributed by atoms with E-state index in [-0.39, 0.29) is 12.4 Å². The lowest BCUT2D eigenvalue weighted by molar-refractivity contribution is 0.303. The van der Waals surface area contributed by atoms with E-state index in [4.69, 9.17) is 22.1 Å². The highest BCUT2D eigenvalue weighted by Gasteiger charge is 2.03. The summed E-state index contributed by atoms with van der Waals surface area (Å²) in [6.07, 6.45) is 0. The lowest BCUT2D eigenvalue weighted by Crippen LogP contribution is -1.99. The maximum absolute atomic E-state index is 13.1. The maximum Gasteiger partial charge on any atom is 0.125 e. The van der Waals surface area contributed by atoms with Crippen molar-refractivity contribution in [3.63, 3.8) is 0 Å². The fraction of sp³-hybridized carbons (Fsp3) is 0.143. The number of benzene rings is 2. The van der Waals surface area contributed by atoms with Crippen molar-refractivity contribution in [1.29, 1.82) is 0 Å². The molecule has 0 fully saturated rings. The topological polar surface area (TPSA) is 35.2 Å². The zero-order chi connectivity index (χ0) is 13.1. The molecule has 94 valence electrons. The third-order valence-electron chi connectivity index (χ3n) is 2.52. The minimum absolute atomic E-state index is 0.253. The van der Waals surface area contributed by atoms with Gasteiger partial charge in [0.1, 0.15) is 18.2 Å². The molecule has 4 heteroatoms. The van der Waals surface area contributed by atoms with Crippen molar-refractivity contribution >= 4 is 17.3 Å². The maximum atomic E-state index is 13.1. The second kappa shape index (κ2) is 5.27. The Morgan fingerprint density at radius 2 is 2.00 bits per heavy atom. The largest absolute Gasteiger partial charge is 0.489 e. The number of nitrogen functional groups attached to an aromatic ring is 1. The molecule has 2 rings (SSSR count). The van der Waals surface area contributed by atoms with Gasteiger partial charge >= 0.3 is 0 Å². The molecule has 0 bridgehead atoms. The van der Waals surface area contributed by atoms with Crippen molar-refractivity contribution in [2.45, 2.75) is 13.5 Å². The van der Waals surface area contributed by atoms with Crippen LogP contribution in [0.3, 0.4) is 0 Å². The van der Waals surface area contributed by atoms with Gasteiger partial charge in [-0.1, -0.05) is 17.7 Å². The first kappa shape index (κ1) is 12.7. The van der Waals surface area contributed by atoms with Crippen LogP contribution in [0, 0.1) is 12.7 Å². The van der Waals surface area contributed by atoms with E-state index in [1.54, 1.807) is 18.2 Å². The molecular formula is C14H13ClFNO. The minimum atomic E-state index is -0.364. The molecule has 0 aliphatic carbocycles. The molecule has 0 aliphatic heterocycles. The van der Waals surface area contributed by atoms with Crippen LogP contribution >= 0.6 is 11.6 Å². The first-order valence-corrected chi connectivity index (χ1v) is 5.86. The molecule has 0 saturated carbocycles. The second-order valence-corrected chi connectivity index (χ2v) is 4.53. The van der Waals surface area contributed by atoms with Crippen LogP contribution in [-0.2, 0) is 6.61 Å². The van der Waals surface area contributed by atoms with Crippen LogP contribution in [-0.4, -0.2) is 0 Å². The Morgan fingerprint density at radius 3 is 2.72 bits per heavy atom. The molecule has 0 atom stereocenters. The Hall–Kier alpha value is -1.74. The first-order chi connectivity index (χ1) is 8.54. The Balaban J connectivity index is 2.13. The molecular weight excluding hydrogens is 253 g/mol. The lowest BCUT2D eigenvalue weighted by Gasteiger charge is -2.10. The summed E-state index contributed by atoms with van der Waals surface area (Å²) in [7, 11) is 0. The average Bonchev–Trinajstić information content (AvgIpc) is 2.29. The summed E-state index contributed by atoms with van der Waals surface area (Å²) in [6.45, 7) is 2.18. The standard InChI is InChI=1S/C14H13ClFNO/c1-9-2-3-11(15)6-14(9)18-8-10-4-12(16)7-13(17)5-10/h2-7H,8,17H2,1H3. The quantitative estimate of drug-likeness (QED) is 0.853. The van der Waals surface area contributed by atoms with Gasteiger partial charge in [-0.15, -0.1) is 0 Å². The molecule has 18 heavy (non-hydrogen) atoms. The van der Waals surface area contributed by atoms with Gasteiger partial charge in [-0.2, -0.15) is 0 Å². The molecule has 0 unspecified atom stereocenters. The molecule has 2 aromatic rings. The summed E-state index contributed by atoms with van der Waals surface area (Å²) in [5, 5.41) is 0.606. The number of halogens is 2. The highest BCUT2D eigenvalue weighted by atomic mass is 35.5. The van der Waals surface area contributed by atoms with E-state index in [0.717, 1.165) is 5.56 Å². The molecule has 2 nitrogen and oxygen atoms in total. The Labute approximate surface area is 110 Å². The van der Waals surface area contributed by atoms with E-state index >= 15 is 0 Å². The van der Waals surface area contributed by atoms with E-state index in [2.05, 4.69) is 0 Å². The summed E-state index contributed by atoms with van der Waals surface area (Å²) >= 11 is 5.89. The SMILES string of the molecule is Cc1ccc(Cl)cc1OCc1cc(N)cc(F)c1. The zero-order valence-corrected chi connectivity index (χ0v) is 10.7. The predicted molar refractivity (Wildman–Crippen MR) is 71.3 cm³/mol. The van der Waals surface area contributed by atoms with Gasteiger partial charge in [-0.3, -0.25) is 0 Å². The van der Waals surface area contributed by atoms with Crippen molar-refractivity contribution in [1.82, 2.24) is 0 Å². The van der Waals surface area contributed by atoms with Gasteiger partial charge in [0.05, 0.1) is 0 Å². The summed E-state index contributed by atoms with van der Waals surface area (Å²) in [5.74, 6) is 0.321. The zero-order valence-electron chi connectivity index (χ0n) is 9.91. The number of aryl methyl sites for hydroxylation is 1. The summed E-state index contributed by atoms with van der Waals surface area (Å²) in [4.78, 5) is 0. The third-order valence-corrected chi connectivity index (χ3v) is 2.76. The molecule has 0 aromatic heterocycles. The van der Waals surface area contributed by atoms with Crippen molar-refractivity contribution in [2.75, 3.05) is 5.73 Å². The molecule has 0 saturated heterocycles. The van der Waals surface area contributed by atoms with Gasteiger partial charge in [0.2, 0.25) is 0 Å². The fourth-order valence-corrected chi connectivity index (χ4v) is 1.81. The molecule has 0 aliphatic rings. The first-order valence-electron chi connectivity index (χ1n) is 5.48. The van der Waals surface area contributed by atoms with E-state index in [1.165, 1.54) is 12.1 Å². The van der Waals surface area contributed by atoms with E-state index < -0.39 is 0 Å². The summed E-state index contributed by atoms with van der Waals surface area (Å²) < 4.78 is 18.7. The molecule has 0 amide bonds. The molecule has 0 heterocycles. The average molecular weight is 266 g/mol. The number of rotatable bonds is 3. The number of nitrogens with two attached hydrogens (primary N) is 1. The second-order valence-electron chi connectivity index (χ2n) is 4.09. The number of anilines is 1. The number of hydrogen-bond acceptors (Lipinski definition) is 2. The van der Waals surface area contributed by atoms with Gasteiger partial charge < -0.3 is 10.5 Å². The normalized spacial score (nSPS) is 10.4. The molecule has 2 N–H and O–H groups in total. The van der Waals surface area contributed by atoms with Gasteiger partial charge in [0.25, 0.3) is 0 Å². The highest BCUT2D eigenvalue weighted by molar-refractivity contribution is 6.30. The van der Waals surface area contributed by atoms with E-state index in [0.29, 0.717) is 22.0 Å². The number of ether oxygens (including phenoxy) is 1. The molecule has 2 aromatic carbocycles. The van der Waals surface area contributed by atoms with Crippen LogP contribution in [0.25, 0.3) is 0 Å². The van der Waals surface area contributed by atoms with Crippen LogP contribution in [0.4, 0.5) is 10.1 Å². The lowest BCUT2D eigenvalue weighted by atomic mass is 10.2. The Morgan fingerprint density at radius 1 is 1.22 bits per heavy atom. The summed E-state index contributed by atoms with van der Waals surface area (Å²) in [6, 6.07) is 9.76. The van der Waals surface area contributed by atoms with Gasteiger partial charge in [-0.05, 0) is 48.4 Å². The van der Waals surface area contributed by atoms with Crippen molar-refractivity contribution in [3.8, 4) is 5.75 Å². The number of hydrogen-bond donors (Lipinski definition) is 1. The van der Waals surface area contributed by atoms with E-state index in [9.17, 15) is 4.39 Å². The van der Waals surface area contributed by atoms with Crippen LogP contribution in [0.5, 0.6) is 5.75 Å². The molecule has 0 radical (unpaired) electrons. The minimum Gasteiger partial charge on any atom is -0.489 e. The van der Waals surface area contributed by atoms with Crippen molar-refractivity contribution in [2.24, 2.45) is 0 Å². The van der Waals surface area contributed by atoms with E-state index in [1.807, 2.05) is 13.0 Å². The highest BCUT2D eigenvalue weighted by Crippen LogP contribution is 2.23. The smallest absolute Gasteiger partial charge is 0.125 e. The third kappa shape index (κ3) is 3.14. The summed E-state index contributed by atoms with van der Waals surface area (Å²) in [5.41, 5.74) is 7.61. The predicted octanol–water partition coefficient (Wildman–Crippen LogP) is 3.95. The van der Waals surface area contributed by atoms with Gasteiger partial charge in [0, 0.05) is 10.7 Å². The van der Waals surface area contributed by atoms with Gasteiger partial charge in [0.15, 0.2) is 0 Å². The van der Waals surface area contributed by atoms with Crippen LogP contribution in [0.2, 0.25) is 5.02 Å². The fourth-order valence-electron chi connectivity index (χ4n) is 1.65. The van der Waals surface area contributed by atoms with Crippen LogP contribution in [0.1, 0.15) is 11.1 Å². The monoisotopic (exact) mass is 265 g/mol. The Bertz CT molecular complexity index is 551.